The van der Waals surface area contributed by atoms with E-state index in [2.05, 4.69) is 31.9 Å². The lowest BCUT2D eigenvalue weighted by Crippen LogP contribution is -2.10. The molecule has 0 amide bonds. The maximum absolute atomic E-state index is 13.2. The standard InChI is InChI=1S/C14H10Br2F2/c15-11-5-1-9(2-6-11)13(14(17)18)10-3-7-12(16)8-4-10/h1-8,13-14H. The Morgan fingerprint density at radius 2 is 1.00 bits per heavy atom. The molecule has 0 aromatic heterocycles. The van der Waals surface area contributed by atoms with Crippen molar-refractivity contribution in [3.05, 3.63) is 68.6 Å². The zero-order chi connectivity index (χ0) is 13.1. The number of rotatable bonds is 3. The van der Waals surface area contributed by atoms with Crippen LogP contribution in [0.4, 0.5) is 8.78 Å². The first-order valence-electron chi connectivity index (χ1n) is 5.37. The first-order chi connectivity index (χ1) is 8.58. The van der Waals surface area contributed by atoms with Gasteiger partial charge in [-0.1, -0.05) is 56.1 Å². The fourth-order valence-corrected chi connectivity index (χ4v) is 2.35. The predicted octanol–water partition coefficient (Wildman–Crippen LogP) is 5.61. The highest BCUT2D eigenvalue weighted by Gasteiger charge is 2.24. The van der Waals surface area contributed by atoms with Crippen molar-refractivity contribution < 1.29 is 8.78 Å². The molecule has 2 rings (SSSR count). The van der Waals surface area contributed by atoms with Gasteiger partial charge in [-0.25, -0.2) is 8.78 Å². The van der Waals surface area contributed by atoms with Crippen LogP contribution in [0.25, 0.3) is 0 Å². The molecule has 0 unspecified atom stereocenters. The van der Waals surface area contributed by atoms with Crippen molar-refractivity contribution in [2.45, 2.75) is 12.3 Å². The molecule has 0 bridgehead atoms. The van der Waals surface area contributed by atoms with Gasteiger partial charge in [0.15, 0.2) is 0 Å². The summed E-state index contributed by atoms with van der Waals surface area (Å²) in [6.07, 6.45) is -2.42. The van der Waals surface area contributed by atoms with Crippen molar-refractivity contribution >= 4 is 31.9 Å². The molecule has 0 aliphatic rings. The molecule has 0 aliphatic carbocycles. The second-order valence-corrected chi connectivity index (χ2v) is 5.75. The first-order valence-corrected chi connectivity index (χ1v) is 6.95. The summed E-state index contributed by atoms with van der Waals surface area (Å²) in [6, 6.07) is 14.0. The van der Waals surface area contributed by atoms with Crippen LogP contribution in [-0.2, 0) is 0 Å². The lowest BCUT2D eigenvalue weighted by Gasteiger charge is -2.17. The average Bonchev–Trinajstić information content (AvgIpc) is 2.34. The van der Waals surface area contributed by atoms with Crippen molar-refractivity contribution in [1.29, 1.82) is 0 Å². The van der Waals surface area contributed by atoms with E-state index in [1.54, 1.807) is 48.5 Å². The molecule has 94 valence electrons. The van der Waals surface area contributed by atoms with Crippen LogP contribution in [0, 0.1) is 0 Å². The van der Waals surface area contributed by atoms with Gasteiger partial charge in [0.2, 0.25) is 6.43 Å². The van der Waals surface area contributed by atoms with Crippen LogP contribution in [-0.4, -0.2) is 6.43 Å². The zero-order valence-electron chi connectivity index (χ0n) is 9.29. The molecule has 0 heterocycles. The molecule has 0 aliphatic heterocycles. The van der Waals surface area contributed by atoms with Gasteiger partial charge < -0.3 is 0 Å². The Balaban J connectivity index is 2.39. The van der Waals surface area contributed by atoms with Crippen LogP contribution in [0.3, 0.4) is 0 Å². The van der Waals surface area contributed by atoms with Gasteiger partial charge in [0.25, 0.3) is 0 Å². The Kier molecular flexibility index (Phi) is 4.51. The quantitative estimate of drug-likeness (QED) is 0.654. The van der Waals surface area contributed by atoms with E-state index in [1.165, 1.54) is 0 Å². The lowest BCUT2D eigenvalue weighted by molar-refractivity contribution is 0.129. The third-order valence-corrected chi connectivity index (χ3v) is 3.77. The van der Waals surface area contributed by atoms with Gasteiger partial charge in [0, 0.05) is 8.95 Å². The molecule has 0 saturated heterocycles. The Hall–Kier alpha value is -0.740. The zero-order valence-corrected chi connectivity index (χ0v) is 12.5. The van der Waals surface area contributed by atoms with Crippen LogP contribution in [0.1, 0.15) is 17.0 Å². The number of halogens is 4. The average molecular weight is 376 g/mol. The topological polar surface area (TPSA) is 0 Å². The largest absolute Gasteiger partial charge is 0.249 e. The summed E-state index contributed by atoms with van der Waals surface area (Å²) < 4.78 is 28.3. The van der Waals surface area contributed by atoms with Crippen molar-refractivity contribution in [3.63, 3.8) is 0 Å². The van der Waals surface area contributed by atoms with Gasteiger partial charge in [-0.05, 0) is 35.4 Å². The molecule has 0 spiro atoms. The van der Waals surface area contributed by atoms with Gasteiger partial charge >= 0.3 is 0 Å². The highest BCUT2D eigenvalue weighted by Crippen LogP contribution is 2.32. The highest BCUT2D eigenvalue weighted by molar-refractivity contribution is 9.10. The van der Waals surface area contributed by atoms with E-state index < -0.39 is 12.3 Å². The third kappa shape index (κ3) is 3.18. The van der Waals surface area contributed by atoms with E-state index in [1.807, 2.05) is 0 Å². The molecule has 0 nitrogen and oxygen atoms in total. The summed E-state index contributed by atoms with van der Waals surface area (Å²) in [4.78, 5) is 0. The molecule has 0 fully saturated rings. The smallest absolute Gasteiger partial charge is 0.209 e. The fourth-order valence-electron chi connectivity index (χ4n) is 1.82. The molecule has 4 heteroatoms. The fraction of sp³-hybridized carbons (Fsp3) is 0.143. The van der Waals surface area contributed by atoms with E-state index in [4.69, 9.17) is 0 Å². The van der Waals surface area contributed by atoms with Crippen molar-refractivity contribution in [3.8, 4) is 0 Å². The summed E-state index contributed by atoms with van der Waals surface area (Å²) in [6.45, 7) is 0. The summed E-state index contributed by atoms with van der Waals surface area (Å²) in [7, 11) is 0. The minimum absolute atomic E-state index is 0.621. The van der Waals surface area contributed by atoms with E-state index >= 15 is 0 Å². The molecular weight excluding hydrogens is 366 g/mol. The Morgan fingerprint density at radius 3 is 1.28 bits per heavy atom. The van der Waals surface area contributed by atoms with Crippen molar-refractivity contribution in [2.75, 3.05) is 0 Å². The SMILES string of the molecule is FC(F)C(c1ccc(Br)cc1)c1ccc(Br)cc1. The maximum Gasteiger partial charge on any atom is 0.249 e. The summed E-state index contributed by atoms with van der Waals surface area (Å²) in [5.41, 5.74) is 1.24. The van der Waals surface area contributed by atoms with Crippen LogP contribution in [0.5, 0.6) is 0 Å². The summed E-state index contributed by atoms with van der Waals surface area (Å²) >= 11 is 6.61. The molecule has 2 aromatic rings. The van der Waals surface area contributed by atoms with E-state index in [0.717, 1.165) is 8.95 Å². The van der Waals surface area contributed by atoms with Crippen LogP contribution in [0.2, 0.25) is 0 Å². The Bertz CT molecular complexity index is 461. The van der Waals surface area contributed by atoms with E-state index in [-0.39, 0.29) is 0 Å². The van der Waals surface area contributed by atoms with Gasteiger partial charge in [-0.2, -0.15) is 0 Å². The maximum atomic E-state index is 13.2. The van der Waals surface area contributed by atoms with Gasteiger partial charge in [-0.3, -0.25) is 0 Å². The normalized spacial score (nSPS) is 11.2. The minimum Gasteiger partial charge on any atom is -0.209 e. The first kappa shape index (κ1) is 13.7. The van der Waals surface area contributed by atoms with E-state index in [9.17, 15) is 8.78 Å². The predicted molar refractivity (Wildman–Crippen MR) is 76.1 cm³/mol. The number of alkyl halides is 2. The van der Waals surface area contributed by atoms with Gasteiger partial charge in [-0.15, -0.1) is 0 Å². The van der Waals surface area contributed by atoms with Crippen LogP contribution >= 0.6 is 31.9 Å². The van der Waals surface area contributed by atoms with Crippen molar-refractivity contribution in [1.82, 2.24) is 0 Å². The summed E-state index contributed by atoms with van der Waals surface area (Å²) in [5, 5.41) is 0. The monoisotopic (exact) mass is 374 g/mol. The third-order valence-electron chi connectivity index (χ3n) is 2.71. The number of hydrogen-bond acceptors (Lipinski definition) is 0. The Labute approximate surface area is 121 Å². The van der Waals surface area contributed by atoms with Crippen LogP contribution in [0.15, 0.2) is 57.5 Å². The summed E-state index contributed by atoms with van der Waals surface area (Å²) in [5.74, 6) is -0.883. The molecule has 2 aromatic carbocycles. The molecule has 0 atom stereocenters. The number of hydrogen-bond donors (Lipinski definition) is 0. The molecule has 0 saturated carbocycles. The lowest BCUT2D eigenvalue weighted by atomic mass is 9.92. The highest BCUT2D eigenvalue weighted by atomic mass is 79.9. The van der Waals surface area contributed by atoms with Gasteiger partial charge in [0.05, 0.1) is 5.92 Å². The van der Waals surface area contributed by atoms with E-state index in [0.29, 0.717) is 11.1 Å². The van der Waals surface area contributed by atoms with Gasteiger partial charge in [0.1, 0.15) is 0 Å². The molecular formula is C14H10Br2F2. The Morgan fingerprint density at radius 1 is 0.667 bits per heavy atom. The second kappa shape index (κ2) is 5.93. The number of benzene rings is 2. The second-order valence-electron chi connectivity index (χ2n) is 3.92. The molecule has 0 N–H and O–H groups in total. The minimum atomic E-state index is -2.42. The van der Waals surface area contributed by atoms with Crippen molar-refractivity contribution in [2.24, 2.45) is 0 Å². The molecule has 0 radical (unpaired) electrons. The molecule has 18 heavy (non-hydrogen) atoms. The van der Waals surface area contributed by atoms with Crippen LogP contribution < -0.4 is 0 Å².